The van der Waals surface area contributed by atoms with E-state index in [2.05, 4.69) is 105 Å². The van der Waals surface area contributed by atoms with Gasteiger partial charge < -0.3 is 80.7 Å². The fraction of sp³-hybridized carbons (Fsp3) is 1.00. The summed E-state index contributed by atoms with van der Waals surface area (Å²) in [5.41, 5.74) is 0. The summed E-state index contributed by atoms with van der Waals surface area (Å²) in [4.78, 5) is 0. The van der Waals surface area contributed by atoms with Crippen molar-refractivity contribution in [3.8, 4) is 0 Å². The van der Waals surface area contributed by atoms with E-state index in [1.165, 1.54) is 0 Å². The van der Waals surface area contributed by atoms with Crippen LogP contribution in [-0.2, 0) is 34.8 Å². The summed E-state index contributed by atoms with van der Waals surface area (Å²) in [6.07, 6.45) is 3.57. The van der Waals surface area contributed by atoms with Crippen molar-refractivity contribution in [1.29, 1.82) is 0 Å². The second-order valence-corrected chi connectivity index (χ2v) is 48.1. The smallest absolute Gasteiger partial charge is 0.325 e. The van der Waals surface area contributed by atoms with Gasteiger partial charge in [-0.25, -0.2) is 0 Å². The molecule has 2 unspecified atom stereocenters. The zero-order chi connectivity index (χ0) is 57.2. The highest BCUT2D eigenvalue weighted by Crippen LogP contribution is 2.26. The minimum atomic E-state index is -2.34. The van der Waals surface area contributed by atoms with Crippen LogP contribution in [0.25, 0.3) is 0 Å². The molecule has 0 amide bonds. The molecule has 0 spiro atoms. The highest BCUT2D eigenvalue weighted by molar-refractivity contribution is 6.87. The summed E-state index contributed by atoms with van der Waals surface area (Å²) >= 11 is 0. The van der Waals surface area contributed by atoms with E-state index in [4.69, 9.17) is 80.7 Å². The standard InChI is InChI=1S/C26H70O8Si8.9C2H6O/c1-35(2)25-29-41(15,33-39(11,12)31-37(5,6)7)23-17-19-27-21-22-28-20-18-24-42(16,30-26-36(3)4)34-40(13,14)32-38(8,9)10;9*1-2-3/h35-36H,17-26H2,1-16H3;9*3H,2H2,1H3. The van der Waals surface area contributed by atoms with Gasteiger partial charge in [-0.05, 0) is 166 Å². The molecule has 2 atom stereocenters. The average Bonchev–Trinajstić information content (AvgIpc) is 3.15. The Balaban J connectivity index is -0.000000132. The molecule has 0 saturated heterocycles. The summed E-state index contributed by atoms with van der Waals surface area (Å²) in [5.74, 6) is 0. The Kier molecular flexibility index (Phi) is 87.5. The van der Waals surface area contributed by atoms with Crippen LogP contribution in [0.2, 0.25) is 117 Å². The molecule has 0 heterocycles. The molecule has 0 radical (unpaired) electrons. The highest BCUT2D eigenvalue weighted by atomic mass is 28.5. The lowest BCUT2D eigenvalue weighted by atomic mass is 10.5. The molecule has 9 N–H and O–H groups in total. The highest BCUT2D eigenvalue weighted by Gasteiger charge is 2.43. The molecule has 25 heteroatoms. The van der Waals surface area contributed by atoms with E-state index in [0.29, 0.717) is 26.4 Å². The van der Waals surface area contributed by atoms with Crippen molar-refractivity contribution in [2.24, 2.45) is 0 Å². The lowest BCUT2D eigenvalue weighted by Crippen LogP contribution is -2.54. The third-order valence-electron chi connectivity index (χ3n) is 5.68. The van der Waals surface area contributed by atoms with Crippen LogP contribution in [0.1, 0.15) is 75.2 Å². The zero-order valence-electron chi connectivity index (χ0n) is 49.9. The Hall–Kier alpha value is 1.06. The largest absolute Gasteiger partial charge is 0.437 e. The van der Waals surface area contributed by atoms with Gasteiger partial charge in [0.2, 0.25) is 0 Å². The molecule has 0 aliphatic heterocycles. The first-order valence-electron chi connectivity index (χ1n) is 25.3. The predicted octanol–water partition coefficient (Wildman–Crippen LogP) is 7.16. The molecule has 0 aromatic carbocycles. The summed E-state index contributed by atoms with van der Waals surface area (Å²) in [7, 11) is -14.2. The van der Waals surface area contributed by atoms with Gasteiger partial charge >= 0.3 is 34.2 Å². The molecule has 0 aliphatic rings. The molecule has 0 fully saturated rings. The number of rotatable bonds is 25. The third kappa shape index (κ3) is 115. The number of hydrogen-bond donors (Lipinski definition) is 9. The normalized spacial score (nSPS) is 12.5. The molecule has 0 bridgehead atoms. The summed E-state index contributed by atoms with van der Waals surface area (Å²) in [6, 6.07) is 1.84. The lowest BCUT2D eigenvalue weighted by molar-refractivity contribution is 0.0471. The number of hydrogen-bond acceptors (Lipinski definition) is 17. The van der Waals surface area contributed by atoms with E-state index >= 15 is 0 Å². The van der Waals surface area contributed by atoms with E-state index in [0.717, 1.165) is 37.4 Å². The van der Waals surface area contributed by atoms with Crippen molar-refractivity contribution in [2.75, 3.05) is 98.3 Å². The maximum absolute atomic E-state index is 7.57. The molecule has 17 nitrogen and oxygen atoms in total. The van der Waals surface area contributed by atoms with Gasteiger partial charge in [-0.15, -0.1) is 0 Å². The molecule has 0 aliphatic carbocycles. The quantitative estimate of drug-likeness (QED) is 0.0325. The average molecular weight is 1150 g/mol. The van der Waals surface area contributed by atoms with Gasteiger partial charge in [0, 0.05) is 85.1 Å². The van der Waals surface area contributed by atoms with Gasteiger partial charge in [0.1, 0.15) is 0 Å². The van der Waals surface area contributed by atoms with Crippen LogP contribution < -0.4 is 0 Å². The van der Waals surface area contributed by atoms with Crippen LogP contribution in [0.5, 0.6) is 0 Å². The van der Waals surface area contributed by atoms with Gasteiger partial charge in [-0.2, -0.15) is 0 Å². The first-order chi connectivity index (χ1) is 31.6. The van der Waals surface area contributed by atoms with Gasteiger partial charge in [0.15, 0.2) is 16.6 Å². The van der Waals surface area contributed by atoms with Crippen LogP contribution >= 0.6 is 0 Å². The number of aliphatic hydroxyl groups excluding tert-OH is 9. The third-order valence-corrected chi connectivity index (χ3v) is 28.3. The van der Waals surface area contributed by atoms with Gasteiger partial charge in [0.05, 0.1) is 30.8 Å². The Morgan fingerprint density at radius 2 is 0.507 bits per heavy atom. The van der Waals surface area contributed by atoms with Crippen molar-refractivity contribution in [1.82, 2.24) is 0 Å². The first-order valence-corrected chi connectivity index (χ1v) is 49.1. The van der Waals surface area contributed by atoms with Crippen molar-refractivity contribution in [3.63, 3.8) is 0 Å². The van der Waals surface area contributed by atoms with E-state index < -0.39 is 68.5 Å². The number of aliphatic hydroxyl groups is 9. The Labute approximate surface area is 437 Å². The Morgan fingerprint density at radius 1 is 0.319 bits per heavy atom. The van der Waals surface area contributed by atoms with Crippen LogP contribution in [0.4, 0.5) is 0 Å². The Bertz CT molecular complexity index is 811. The van der Waals surface area contributed by atoms with Gasteiger partial charge in [0.25, 0.3) is 0 Å². The van der Waals surface area contributed by atoms with Crippen LogP contribution in [0.15, 0.2) is 0 Å². The monoisotopic (exact) mass is 1150 g/mol. The molecule has 0 aromatic rings. The van der Waals surface area contributed by atoms with Crippen LogP contribution in [0.3, 0.4) is 0 Å². The van der Waals surface area contributed by atoms with Crippen LogP contribution in [-0.4, -0.2) is 213 Å². The Morgan fingerprint density at radius 3 is 0.667 bits per heavy atom. The molecule has 0 aromatic heterocycles. The van der Waals surface area contributed by atoms with E-state index in [-0.39, 0.29) is 59.5 Å². The minimum Gasteiger partial charge on any atom is -0.437 e. The summed E-state index contributed by atoms with van der Waals surface area (Å²) < 4.78 is 51.2. The second-order valence-electron chi connectivity index (χ2n) is 18.4. The SMILES string of the molecule is CCO.CCO.CCO.CCO.CCO.CCO.CCO.CCO.CCO.C[SiH](C)CO[Si](C)(CCCOCCOCCC[Si](C)(OC[SiH](C)C)O[Si](C)(C)O[Si](C)(C)C)O[Si](C)(C)O[Si](C)(C)C. The zero-order valence-corrected chi connectivity index (χ0v) is 58.2. The van der Waals surface area contributed by atoms with Crippen molar-refractivity contribution < 1.29 is 80.7 Å². The molecule has 0 rings (SSSR count). The molecule has 434 valence electrons. The summed E-state index contributed by atoms with van der Waals surface area (Å²) in [6.45, 7) is 55.7. The topological polar surface area (TPSA) is 256 Å². The summed E-state index contributed by atoms with van der Waals surface area (Å²) in [5, 5.41) is 68.1. The van der Waals surface area contributed by atoms with Crippen molar-refractivity contribution in [2.45, 2.75) is 192 Å². The first kappa shape index (κ1) is 92.6. The maximum Gasteiger partial charge on any atom is 0.325 e. The van der Waals surface area contributed by atoms with Crippen molar-refractivity contribution in [3.05, 3.63) is 0 Å². The predicted molar refractivity (Wildman–Crippen MR) is 314 cm³/mol. The van der Waals surface area contributed by atoms with Gasteiger partial charge in [-0.1, -0.05) is 26.2 Å². The number of ether oxygens (including phenoxy) is 2. The molecule has 0 saturated carbocycles. The fourth-order valence-electron chi connectivity index (χ4n) is 4.86. The molecular weight excluding hydrogens is 1030 g/mol. The fourth-order valence-corrected chi connectivity index (χ4v) is 34.7. The van der Waals surface area contributed by atoms with E-state index in [9.17, 15) is 0 Å². The maximum atomic E-state index is 7.57. The van der Waals surface area contributed by atoms with E-state index in [1.54, 1.807) is 62.3 Å². The van der Waals surface area contributed by atoms with Crippen molar-refractivity contribution >= 4 is 68.5 Å². The molecular formula is C44H124O17Si8. The van der Waals surface area contributed by atoms with E-state index in [1.807, 2.05) is 0 Å². The lowest BCUT2D eigenvalue weighted by Gasteiger charge is -2.38. The molecule has 69 heavy (non-hydrogen) atoms. The van der Waals surface area contributed by atoms with Crippen LogP contribution in [0, 0.1) is 0 Å². The van der Waals surface area contributed by atoms with Gasteiger partial charge in [-0.3, -0.25) is 0 Å². The minimum absolute atomic E-state index is 0.250. The second kappa shape index (κ2) is 65.2.